The fourth-order valence-corrected chi connectivity index (χ4v) is 3.68. The van der Waals surface area contributed by atoms with Gasteiger partial charge in [0.15, 0.2) is 18.1 Å². The van der Waals surface area contributed by atoms with Crippen molar-refractivity contribution in [3.63, 3.8) is 0 Å². The van der Waals surface area contributed by atoms with Crippen molar-refractivity contribution in [2.24, 2.45) is 0 Å². The van der Waals surface area contributed by atoms with E-state index in [2.05, 4.69) is 5.32 Å². The number of methoxy groups -OCH3 is 2. The Morgan fingerprint density at radius 1 is 0.906 bits per heavy atom. The Labute approximate surface area is 188 Å². The minimum Gasteiger partial charge on any atom is -0.496 e. The molecule has 0 aromatic heterocycles. The van der Waals surface area contributed by atoms with E-state index in [4.69, 9.17) is 18.9 Å². The highest BCUT2D eigenvalue weighted by Crippen LogP contribution is 2.29. The summed E-state index contributed by atoms with van der Waals surface area (Å²) in [6.45, 7) is 3.45. The lowest BCUT2D eigenvalue weighted by molar-refractivity contribution is -0.134. The average Bonchev–Trinajstić information content (AvgIpc) is 2.83. The molecule has 0 bridgehead atoms. The molecule has 1 saturated heterocycles. The Hall–Kier alpha value is -3.42. The molecule has 0 spiro atoms. The highest BCUT2D eigenvalue weighted by Gasteiger charge is 2.26. The second-order valence-corrected chi connectivity index (χ2v) is 7.33. The Morgan fingerprint density at radius 2 is 1.47 bits per heavy atom. The number of amides is 2. The predicted molar refractivity (Wildman–Crippen MR) is 120 cm³/mol. The monoisotopic (exact) mass is 442 g/mol. The van der Waals surface area contributed by atoms with Crippen LogP contribution in [-0.2, 0) is 4.79 Å². The van der Waals surface area contributed by atoms with Crippen molar-refractivity contribution in [2.45, 2.75) is 25.8 Å². The molecule has 8 heteroatoms. The van der Waals surface area contributed by atoms with E-state index in [-0.39, 0.29) is 24.5 Å². The molecule has 0 unspecified atom stereocenters. The summed E-state index contributed by atoms with van der Waals surface area (Å²) in [5, 5.41) is 3.04. The number of piperidine rings is 1. The molecule has 1 heterocycles. The van der Waals surface area contributed by atoms with E-state index in [1.54, 1.807) is 29.2 Å². The van der Waals surface area contributed by atoms with Gasteiger partial charge in [0.25, 0.3) is 11.8 Å². The minimum atomic E-state index is -0.250. The fourth-order valence-electron chi connectivity index (χ4n) is 3.68. The van der Waals surface area contributed by atoms with Crippen molar-refractivity contribution in [2.75, 3.05) is 40.5 Å². The van der Waals surface area contributed by atoms with Crippen molar-refractivity contribution < 1.29 is 28.5 Å². The lowest BCUT2D eigenvalue weighted by Gasteiger charge is -2.32. The van der Waals surface area contributed by atoms with Gasteiger partial charge in [0.05, 0.1) is 20.8 Å². The van der Waals surface area contributed by atoms with Crippen LogP contribution in [0.4, 0.5) is 0 Å². The van der Waals surface area contributed by atoms with Crippen LogP contribution in [0, 0.1) is 0 Å². The van der Waals surface area contributed by atoms with E-state index >= 15 is 0 Å². The number of likely N-dealkylation sites (tertiary alicyclic amines) is 1. The van der Waals surface area contributed by atoms with E-state index in [1.807, 2.05) is 25.1 Å². The second-order valence-electron chi connectivity index (χ2n) is 7.33. The number of hydrogen-bond donors (Lipinski definition) is 1. The molecule has 0 radical (unpaired) electrons. The second kappa shape index (κ2) is 11.3. The number of para-hydroxylation sites is 2. The molecular formula is C24H30N2O6. The molecule has 172 valence electrons. The van der Waals surface area contributed by atoms with Gasteiger partial charge in [-0.25, -0.2) is 0 Å². The van der Waals surface area contributed by atoms with Gasteiger partial charge >= 0.3 is 0 Å². The van der Waals surface area contributed by atoms with Crippen molar-refractivity contribution in [1.29, 1.82) is 0 Å². The minimum absolute atomic E-state index is 0.0410. The van der Waals surface area contributed by atoms with Crippen LogP contribution in [0.15, 0.2) is 42.5 Å². The van der Waals surface area contributed by atoms with Crippen LogP contribution < -0.4 is 24.3 Å². The lowest BCUT2D eigenvalue weighted by atomic mass is 10.0. The summed E-state index contributed by atoms with van der Waals surface area (Å²) in [6.07, 6.45) is 1.31. The molecule has 0 atom stereocenters. The summed E-state index contributed by atoms with van der Waals surface area (Å²) < 4.78 is 21.9. The van der Waals surface area contributed by atoms with E-state index in [0.717, 1.165) is 0 Å². The first-order valence-electron chi connectivity index (χ1n) is 10.7. The molecule has 32 heavy (non-hydrogen) atoms. The van der Waals surface area contributed by atoms with Gasteiger partial charge < -0.3 is 29.2 Å². The zero-order valence-electron chi connectivity index (χ0n) is 18.8. The van der Waals surface area contributed by atoms with Crippen molar-refractivity contribution in [1.82, 2.24) is 10.2 Å². The zero-order chi connectivity index (χ0) is 22.9. The van der Waals surface area contributed by atoms with Gasteiger partial charge in [-0.15, -0.1) is 0 Å². The number of nitrogens with one attached hydrogen (secondary N) is 1. The van der Waals surface area contributed by atoms with Crippen LogP contribution >= 0.6 is 0 Å². The molecule has 0 saturated carbocycles. The third kappa shape index (κ3) is 5.63. The maximum Gasteiger partial charge on any atom is 0.260 e. The average molecular weight is 443 g/mol. The van der Waals surface area contributed by atoms with E-state index in [1.165, 1.54) is 14.2 Å². The molecule has 1 N–H and O–H groups in total. The Bertz CT molecular complexity index is 902. The zero-order valence-corrected chi connectivity index (χ0v) is 18.8. The normalized spacial score (nSPS) is 13.9. The molecule has 1 fully saturated rings. The van der Waals surface area contributed by atoms with Crippen LogP contribution in [0.3, 0.4) is 0 Å². The highest BCUT2D eigenvalue weighted by atomic mass is 16.5. The maximum atomic E-state index is 12.8. The van der Waals surface area contributed by atoms with Gasteiger partial charge in [-0.1, -0.05) is 18.2 Å². The van der Waals surface area contributed by atoms with E-state index < -0.39 is 0 Å². The van der Waals surface area contributed by atoms with Crippen molar-refractivity contribution in [3.05, 3.63) is 48.0 Å². The van der Waals surface area contributed by atoms with Crippen LogP contribution in [-0.4, -0.2) is 63.3 Å². The summed E-state index contributed by atoms with van der Waals surface area (Å²) in [4.78, 5) is 27.2. The first-order valence-corrected chi connectivity index (χ1v) is 10.7. The topological polar surface area (TPSA) is 86.3 Å². The standard InChI is InChI=1S/C24H30N2O6/c1-4-31-18-8-5-6-9-19(18)32-16-22(27)26-14-12-17(13-15-26)25-24(28)23-20(29-2)10-7-11-21(23)30-3/h5-11,17H,4,12-16H2,1-3H3,(H,25,28). The first kappa shape index (κ1) is 23.2. The third-order valence-electron chi connectivity index (χ3n) is 5.34. The van der Waals surface area contributed by atoms with Gasteiger partial charge in [0, 0.05) is 19.1 Å². The largest absolute Gasteiger partial charge is 0.496 e. The first-order chi connectivity index (χ1) is 15.6. The van der Waals surface area contributed by atoms with E-state index in [0.29, 0.717) is 61.1 Å². The number of hydrogen-bond acceptors (Lipinski definition) is 6. The molecule has 8 nitrogen and oxygen atoms in total. The summed E-state index contributed by atoms with van der Waals surface area (Å²) in [6, 6.07) is 12.5. The van der Waals surface area contributed by atoms with Crippen LogP contribution in [0.1, 0.15) is 30.1 Å². The SMILES string of the molecule is CCOc1ccccc1OCC(=O)N1CCC(NC(=O)c2c(OC)cccc2OC)CC1. The Balaban J connectivity index is 1.51. The summed E-state index contributed by atoms with van der Waals surface area (Å²) in [5.41, 5.74) is 0.373. The Kier molecular flexibility index (Phi) is 8.19. The van der Waals surface area contributed by atoms with Crippen LogP contribution in [0.25, 0.3) is 0 Å². The number of benzene rings is 2. The predicted octanol–water partition coefficient (Wildman–Crippen LogP) is 2.90. The number of ether oxygens (including phenoxy) is 4. The molecule has 2 amide bonds. The highest BCUT2D eigenvalue weighted by molar-refractivity contribution is 5.99. The fraction of sp³-hybridized carbons (Fsp3) is 0.417. The molecule has 2 aromatic carbocycles. The van der Waals surface area contributed by atoms with Crippen molar-refractivity contribution >= 4 is 11.8 Å². The molecule has 3 rings (SSSR count). The lowest BCUT2D eigenvalue weighted by Crippen LogP contribution is -2.47. The van der Waals surface area contributed by atoms with Gasteiger partial charge in [0.1, 0.15) is 17.1 Å². The smallest absolute Gasteiger partial charge is 0.260 e. The molecule has 0 aliphatic carbocycles. The number of rotatable bonds is 9. The van der Waals surface area contributed by atoms with Crippen LogP contribution in [0.5, 0.6) is 23.0 Å². The quantitative estimate of drug-likeness (QED) is 0.643. The van der Waals surface area contributed by atoms with E-state index in [9.17, 15) is 9.59 Å². The Morgan fingerprint density at radius 3 is 2.03 bits per heavy atom. The van der Waals surface area contributed by atoms with Gasteiger partial charge in [-0.2, -0.15) is 0 Å². The number of carbonyl (C=O) groups excluding carboxylic acids is 2. The molecule has 2 aromatic rings. The van der Waals surface area contributed by atoms with Gasteiger partial charge in [-0.3, -0.25) is 9.59 Å². The molecular weight excluding hydrogens is 412 g/mol. The summed E-state index contributed by atoms with van der Waals surface area (Å²) >= 11 is 0. The molecule has 1 aliphatic rings. The van der Waals surface area contributed by atoms with Gasteiger partial charge in [-0.05, 0) is 44.0 Å². The summed E-state index contributed by atoms with van der Waals surface area (Å²) in [5.74, 6) is 1.75. The van der Waals surface area contributed by atoms with Crippen LogP contribution in [0.2, 0.25) is 0 Å². The van der Waals surface area contributed by atoms with Gasteiger partial charge in [0.2, 0.25) is 0 Å². The summed E-state index contributed by atoms with van der Waals surface area (Å²) in [7, 11) is 3.04. The third-order valence-corrected chi connectivity index (χ3v) is 5.34. The maximum absolute atomic E-state index is 12.8. The number of carbonyl (C=O) groups is 2. The molecule has 1 aliphatic heterocycles. The van der Waals surface area contributed by atoms with Crippen molar-refractivity contribution in [3.8, 4) is 23.0 Å². The number of nitrogens with zero attached hydrogens (tertiary/aromatic N) is 1.